The molecule has 2 N–H and O–H groups in total. The van der Waals surface area contributed by atoms with Crippen molar-refractivity contribution in [2.75, 3.05) is 34.2 Å². The summed E-state index contributed by atoms with van der Waals surface area (Å²) in [6.07, 6.45) is 0.703. The van der Waals surface area contributed by atoms with Crippen LogP contribution in [0.25, 0.3) is 0 Å². The van der Waals surface area contributed by atoms with E-state index in [0.717, 1.165) is 0 Å². The first-order valence-corrected chi connectivity index (χ1v) is 5.75. The van der Waals surface area contributed by atoms with E-state index in [0.29, 0.717) is 13.0 Å². The highest BCUT2D eigenvalue weighted by atomic mass is 16.4. The minimum absolute atomic E-state index is 0.0384. The van der Waals surface area contributed by atoms with Gasteiger partial charge in [0.05, 0.1) is 0 Å². The van der Waals surface area contributed by atoms with Crippen molar-refractivity contribution in [1.29, 1.82) is 0 Å². The number of carboxylic acids is 1. The van der Waals surface area contributed by atoms with Crippen LogP contribution in [0.2, 0.25) is 0 Å². The van der Waals surface area contributed by atoms with E-state index in [1.807, 2.05) is 0 Å². The number of carbonyl (C=O) groups excluding carboxylic acids is 2. The molecule has 0 unspecified atom stereocenters. The number of hydrogen-bond acceptors (Lipinski definition) is 3. The van der Waals surface area contributed by atoms with E-state index in [1.54, 1.807) is 21.1 Å². The van der Waals surface area contributed by atoms with E-state index in [9.17, 15) is 14.4 Å². The lowest BCUT2D eigenvalue weighted by atomic mass is 10.3. The molecule has 0 saturated carbocycles. The van der Waals surface area contributed by atoms with Crippen molar-refractivity contribution in [3.63, 3.8) is 0 Å². The molecule has 3 amide bonds. The van der Waals surface area contributed by atoms with Crippen LogP contribution in [0.3, 0.4) is 0 Å². The first-order valence-electron chi connectivity index (χ1n) is 5.75. The monoisotopic (exact) mass is 259 g/mol. The van der Waals surface area contributed by atoms with Crippen molar-refractivity contribution in [3.05, 3.63) is 0 Å². The molecule has 0 bridgehead atoms. The summed E-state index contributed by atoms with van der Waals surface area (Å²) in [6.45, 7) is 0.652. The number of carboxylic acid groups (broad SMARTS) is 1. The van der Waals surface area contributed by atoms with Crippen LogP contribution in [0.1, 0.15) is 19.3 Å². The molecular weight excluding hydrogens is 238 g/mol. The second-order valence-corrected chi connectivity index (χ2v) is 4.19. The van der Waals surface area contributed by atoms with Gasteiger partial charge in [-0.1, -0.05) is 0 Å². The number of rotatable bonds is 7. The van der Waals surface area contributed by atoms with E-state index in [4.69, 9.17) is 5.11 Å². The van der Waals surface area contributed by atoms with Gasteiger partial charge in [-0.05, 0) is 6.42 Å². The van der Waals surface area contributed by atoms with Gasteiger partial charge in [0, 0.05) is 47.1 Å². The molecule has 0 aliphatic heterocycles. The molecule has 0 saturated heterocycles. The first-order chi connectivity index (χ1) is 8.34. The van der Waals surface area contributed by atoms with Crippen molar-refractivity contribution < 1.29 is 19.5 Å². The summed E-state index contributed by atoms with van der Waals surface area (Å²) in [5, 5.41) is 11.1. The second kappa shape index (κ2) is 8.32. The maximum Gasteiger partial charge on any atom is 0.317 e. The predicted molar refractivity (Wildman–Crippen MR) is 66.2 cm³/mol. The lowest BCUT2D eigenvalue weighted by Crippen LogP contribution is -2.39. The summed E-state index contributed by atoms with van der Waals surface area (Å²) in [5.74, 6) is -0.927. The van der Waals surface area contributed by atoms with Crippen molar-refractivity contribution in [2.45, 2.75) is 19.3 Å². The molecule has 0 heterocycles. The van der Waals surface area contributed by atoms with E-state index in [-0.39, 0.29) is 31.3 Å². The number of hydrogen-bond donors (Lipinski definition) is 2. The van der Waals surface area contributed by atoms with Crippen LogP contribution in [0, 0.1) is 0 Å². The molecule has 0 radical (unpaired) electrons. The molecule has 104 valence electrons. The highest BCUT2D eigenvalue weighted by Crippen LogP contribution is 1.94. The summed E-state index contributed by atoms with van der Waals surface area (Å²) in [4.78, 5) is 35.9. The fourth-order valence-electron chi connectivity index (χ4n) is 1.20. The molecule has 0 aliphatic carbocycles. The minimum Gasteiger partial charge on any atom is -0.481 e. The lowest BCUT2D eigenvalue weighted by molar-refractivity contribution is -0.137. The van der Waals surface area contributed by atoms with Gasteiger partial charge in [-0.25, -0.2) is 4.79 Å². The smallest absolute Gasteiger partial charge is 0.317 e. The van der Waals surface area contributed by atoms with Crippen LogP contribution in [0.4, 0.5) is 4.79 Å². The van der Waals surface area contributed by atoms with E-state index in [1.165, 1.54) is 9.80 Å². The third-order valence-corrected chi connectivity index (χ3v) is 2.34. The molecule has 18 heavy (non-hydrogen) atoms. The maximum atomic E-state index is 11.5. The maximum absolute atomic E-state index is 11.5. The quantitative estimate of drug-likeness (QED) is 0.672. The Morgan fingerprint density at radius 2 is 1.72 bits per heavy atom. The van der Waals surface area contributed by atoms with Gasteiger partial charge in [0.15, 0.2) is 0 Å². The number of aliphatic carboxylic acids is 1. The Bertz CT molecular complexity index is 305. The molecule has 0 aromatic heterocycles. The summed E-state index contributed by atoms with van der Waals surface area (Å²) < 4.78 is 0. The van der Waals surface area contributed by atoms with Crippen LogP contribution >= 0.6 is 0 Å². The molecule has 0 fully saturated rings. The van der Waals surface area contributed by atoms with Crippen LogP contribution in [-0.2, 0) is 9.59 Å². The largest absolute Gasteiger partial charge is 0.481 e. The van der Waals surface area contributed by atoms with Crippen molar-refractivity contribution in [3.8, 4) is 0 Å². The molecule has 0 aromatic carbocycles. The zero-order valence-electron chi connectivity index (χ0n) is 11.1. The Kier molecular flexibility index (Phi) is 7.50. The summed E-state index contributed by atoms with van der Waals surface area (Å²) in [6, 6.07) is -0.299. The Labute approximate surface area is 107 Å². The number of carbonyl (C=O) groups is 3. The van der Waals surface area contributed by atoms with E-state index < -0.39 is 5.97 Å². The zero-order valence-corrected chi connectivity index (χ0v) is 11.1. The van der Waals surface area contributed by atoms with Crippen molar-refractivity contribution >= 4 is 17.9 Å². The number of urea groups is 1. The second-order valence-electron chi connectivity index (χ2n) is 4.19. The summed E-state index contributed by atoms with van der Waals surface area (Å²) in [7, 11) is 4.90. The highest BCUT2D eigenvalue weighted by molar-refractivity contribution is 5.77. The highest BCUT2D eigenvalue weighted by Gasteiger charge is 2.09. The van der Waals surface area contributed by atoms with Crippen molar-refractivity contribution in [1.82, 2.24) is 15.1 Å². The average Bonchev–Trinajstić information content (AvgIpc) is 2.27. The Balaban J connectivity index is 3.74. The van der Waals surface area contributed by atoms with E-state index >= 15 is 0 Å². The SMILES string of the molecule is CN(C)C(=O)CCNC(=O)N(C)CCCC(=O)O. The van der Waals surface area contributed by atoms with Crippen LogP contribution in [0.5, 0.6) is 0 Å². The average molecular weight is 259 g/mol. The fourth-order valence-corrected chi connectivity index (χ4v) is 1.20. The molecular formula is C11H21N3O4. The van der Waals surface area contributed by atoms with Gasteiger partial charge >= 0.3 is 12.0 Å². The standard InChI is InChI=1S/C11H21N3O4/c1-13(2)9(15)6-7-12-11(18)14(3)8-4-5-10(16)17/h4-8H2,1-3H3,(H,12,18)(H,16,17). The fraction of sp³-hybridized carbons (Fsp3) is 0.727. The van der Waals surface area contributed by atoms with Crippen molar-refractivity contribution in [2.24, 2.45) is 0 Å². The van der Waals surface area contributed by atoms with Gasteiger partial charge < -0.3 is 20.2 Å². The van der Waals surface area contributed by atoms with Gasteiger partial charge in [-0.2, -0.15) is 0 Å². The topological polar surface area (TPSA) is 90.0 Å². The first kappa shape index (κ1) is 16.2. The van der Waals surface area contributed by atoms with Crippen LogP contribution < -0.4 is 5.32 Å². The minimum atomic E-state index is -0.875. The van der Waals surface area contributed by atoms with Gasteiger partial charge in [0.2, 0.25) is 5.91 Å². The predicted octanol–water partition coefficient (Wildman–Crippen LogP) is -0.0291. The lowest BCUT2D eigenvalue weighted by Gasteiger charge is -2.17. The van der Waals surface area contributed by atoms with E-state index in [2.05, 4.69) is 5.32 Å². The Morgan fingerprint density at radius 3 is 2.22 bits per heavy atom. The van der Waals surface area contributed by atoms with Crippen LogP contribution in [-0.4, -0.2) is 67.0 Å². The number of nitrogens with zero attached hydrogens (tertiary/aromatic N) is 2. The third-order valence-electron chi connectivity index (χ3n) is 2.34. The molecule has 0 aliphatic rings. The normalized spacial score (nSPS) is 9.72. The molecule has 0 aromatic rings. The summed E-state index contributed by atoms with van der Waals surface area (Å²) in [5.41, 5.74) is 0. The van der Waals surface area contributed by atoms with Gasteiger partial charge in [0.25, 0.3) is 0 Å². The zero-order chi connectivity index (χ0) is 14.1. The van der Waals surface area contributed by atoms with Gasteiger partial charge in [-0.15, -0.1) is 0 Å². The molecule has 7 nitrogen and oxygen atoms in total. The third kappa shape index (κ3) is 7.48. The molecule has 0 atom stereocenters. The number of nitrogens with one attached hydrogen (secondary N) is 1. The summed E-state index contributed by atoms with van der Waals surface area (Å²) >= 11 is 0. The van der Waals surface area contributed by atoms with Crippen LogP contribution in [0.15, 0.2) is 0 Å². The molecule has 0 rings (SSSR count). The number of amides is 3. The Hall–Kier alpha value is -1.79. The Morgan fingerprint density at radius 1 is 1.11 bits per heavy atom. The van der Waals surface area contributed by atoms with Gasteiger partial charge in [-0.3, -0.25) is 9.59 Å². The van der Waals surface area contributed by atoms with Gasteiger partial charge in [0.1, 0.15) is 0 Å². The molecule has 0 spiro atoms. The molecule has 7 heteroatoms.